The van der Waals surface area contributed by atoms with E-state index in [-0.39, 0.29) is 10.6 Å². The predicted octanol–water partition coefficient (Wildman–Crippen LogP) is 4.88. The lowest BCUT2D eigenvalue weighted by Gasteiger charge is -2.11. The summed E-state index contributed by atoms with van der Waals surface area (Å²) in [5.74, 6) is 0. The van der Waals surface area contributed by atoms with Crippen LogP contribution in [-0.2, 0) is 16.4 Å². The molecule has 0 aromatic heterocycles. The Balaban J connectivity index is 1.85. The van der Waals surface area contributed by atoms with Crippen LogP contribution >= 0.6 is 0 Å². The second-order valence-corrected chi connectivity index (χ2v) is 8.36. The fourth-order valence-electron chi connectivity index (χ4n) is 2.97. The number of rotatable bonds is 10. The molecule has 0 unspecified atom stereocenters. The van der Waals surface area contributed by atoms with Crippen LogP contribution in [0, 0.1) is 0 Å². The zero-order valence-electron chi connectivity index (χ0n) is 16.3. The monoisotopic (exact) mass is 403 g/mol. The van der Waals surface area contributed by atoms with E-state index in [1.165, 1.54) is 56.2 Å². The Morgan fingerprint density at radius 1 is 0.893 bits per heavy atom. The first-order chi connectivity index (χ1) is 13.4. The van der Waals surface area contributed by atoms with E-state index in [2.05, 4.69) is 17.6 Å². The highest BCUT2D eigenvalue weighted by atomic mass is 32.2. The molecular formula is C21H29N3O3S. The summed E-state index contributed by atoms with van der Waals surface area (Å²) in [6.07, 6.45) is 8.60. The Morgan fingerprint density at radius 3 is 2.21 bits per heavy atom. The summed E-state index contributed by atoms with van der Waals surface area (Å²) in [7, 11) is -3.92. The molecule has 2 aromatic carbocycles. The van der Waals surface area contributed by atoms with Crippen molar-refractivity contribution in [3.05, 3.63) is 54.1 Å². The van der Waals surface area contributed by atoms with Gasteiger partial charge in [-0.3, -0.25) is 0 Å². The standard InChI is InChI=1S/C21H29N3O3S/c1-2-3-4-5-6-7-10-17-13-15-18(16-14-17)23-21(25)24-19-11-8-9-12-20(19)28(22,26)27/h8-9,11-16H,2-7,10H2,1H3,(H2,22,26,27)(H2,23,24,25). The molecule has 4 N–H and O–H groups in total. The van der Waals surface area contributed by atoms with Gasteiger partial charge in [-0.15, -0.1) is 0 Å². The number of hydrogen-bond acceptors (Lipinski definition) is 3. The van der Waals surface area contributed by atoms with Crippen LogP contribution in [0.25, 0.3) is 0 Å². The van der Waals surface area contributed by atoms with Crippen molar-refractivity contribution in [1.82, 2.24) is 0 Å². The van der Waals surface area contributed by atoms with E-state index in [1.54, 1.807) is 12.1 Å². The third-order valence-corrected chi connectivity index (χ3v) is 5.44. The summed E-state index contributed by atoms with van der Waals surface area (Å²) >= 11 is 0. The first kappa shape index (κ1) is 21.9. The Hall–Kier alpha value is -2.38. The third-order valence-electron chi connectivity index (χ3n) is 4.47. The van der Waals surface area contributed by atoms with Crippen LogP contribution in [0.2, 0.25) is 0 Å². The van der Waals surface area contributed by atoms with E-state index in [4.69, 9.17) is 5.14 Å². The molecule has 2 rings (SSSR count). The summed E-state index contributed by atoms with van der Waals surface area (Å²) < 4.78 is 23.2. The fraction of sp³-hybridized carbons (Fsp3) is 0.381. The molecule has 0 atom stereocenters. The molecule has 0 saturated heterocycles. The van der Waals surface area contributed by atoms with Crippen molar-refractivity contribution in [2.24, 2.45) is 5.14 Å². The predicted molar refractivity (Wildman–Crippen MR) is 114 cm³/mol. The number of anilines is 2. The zero-order chi connectivity index (χ0) is 20.4. The number of benzene rings is 2. The number of primary sulfonamides is 1. The average Bonchev–Trinajstić information content (AvgIpc) is 2.65. The number of sulfonamides is 1. The summed E-state index contributed by atoms with van der Waals surface area (Å²) in [5.41, 5.74) is 2.01. The minimum Gasteiger partial charge on any atom is -0.308 e. The number of unbranched alkanes of at least 4 members (excludes halogenated alkanes) is 5. The first-order valence-corrected chi connectivity index (χ1v) is 11.2. The van der Waals surface area contributed by atoms with Gasteiger partial charge in [-0.2, -0.15) is 0 Å². The van der Waals surface area contributed by atoms with Crippen molar-refractivity contribution in [1.29, 1.82) is 0 Å². The number of para-hydroxylation sites is 1. The van der Waals surface area contributed by atoms with Gasteiger partial charge in [0.1, 0.15) is 4.90 Å². The van der Waals surface area contributed by atoms with Gasteiger partial charge in [-0.25, -0.2) is 18.4 Å². The topological polar surface area (TPSA) is 101 Å². The van der Waals surface area contributed by atoms with Crippen LogP contribution in [0.3, 0.4) is 0 Å². The number of hydrogen-bond donors (Lipinski definition) is 3. The van der Waals surface area contributed by atoms with Crippen molar-refractivity contribution >= 4 is 27.4 Å². The highest BCUT2D eigenvalue weighted by Crippen LogP contribution is 2.20. The number of carbonyl (C=O) groups is 1. The van der Waals surface area contributed by atoms with Gasteiger partial charge < -0.3 is 10.6 Å². The maximum absolute atomic E-state index is 12.2. The maximum atomic E-state index is 12.2. The minimum atomic E-state index is -3.92. The van der Waals surface area contributed by atoms with E-state index < -0.39 is 16.1 Å². The molecule has 7 heteroatoms. The molecule has 152 valence electrons. The molecule has 0 aliphatic rings. The van der Waals surface area contributed by atoms with Gasteiger partial charge in [0.25, 0.3) is 0 Å². The highest BCUT2D eigenvalue weighted by molar-refractivity contribution is 7.89. The van der Waals surface area contributed by atoms with E-state index in [1.807, 2.05) is 24.3 Å². The van der Waals surface area contributed by atoms with Gasteiger partial charge in [-0.1, -0.05) is 63.3 Å². The molecule has 0 bridgehead atoms. The molecule has 0 aliphatic carbocycles. The molecule has 2 aromatic rings. The largest absolute Gasteiger partial charge is 0.323 e. The number of urea groups is 1. The quantitative estimate of drug-likeness (QED) is 0.493. The fourth-order valence-corrected chi connectivity index (χ4v) is 3.66. The van der Waals surface area contributed by atoms with Gasteiger partial charge >= 0.3 is 6.03 Å². The van der Waals surface area contributed by atoms with Crippen LogP contribution in [-0.4, -0.2) is 14.4 Å². The van der Waals surface area contributed by atoms with Crippen molar-refractivity contribution < 1.29 is 13.2 Å². The van der Waals surface area contributed by atoms with Gasteiger partial charge in [-0.05, 0) is 42.7 Å². The number of amides is 2. The summed E-state index contributed by atoms with van der Waals surface area (Å²) in [5, 5.41) is 10.4. The van der Waals surface area contributed by atoms with Gasteiger partial charge in [0.2, 0.25) is 10.0 Å². The normalized spacial score (nSPS) is 11.2. The SMILES string of the molecule is CCCCCCCCc1ccc(NC(=O)Nc2ccccc2S(N)(=O)=O)cc1. The molecule has 28 heavy (non-hydrogen) atoms. The van der Waals surface area contributed by atoms with Gasteiger partial charge in [0.15, 0.2) is 0 Å². The molecule has 0 radical (unpaired) electrons. The summed E-state index contributed by atoms with van der Waals surface area (Å²) in [6.45, 7) is 2.22. The second kappa shape index (κ2) is 10.8. The Kier molecular flexibility index (Phi) is 8.47. The van der Waals surface area contributed by atoms with Gasteiger partial charge in [0, 0.05) is 5.69 Å². The molecule has 0 saturated carbocycles. The lowest BCUT2D eigenvalue weighted by Crippen LogP contribution is -2.22. The third kappa shape index (κ3) is 7.32. The molecule has 0 aliphatic heterocycles. The Labute approximate surface area is 167 Å². The Bertz CT molecular complexity index is 865. The van der Waals surface area contributed by atoms with E-state index in [0.29, 0.717) is 5.69 Å². The van der Waals surface area contributed by atoms with Crippen LogP contribution in [0.4, 0.5) is 16.2 Å². The van der Waals surface area contributed by atoms with Crippen LogP contribution in [0.1, 0.15) is 51.0 Å². The number of nitrogens with two attached hydrogens (primary N) is 1. The number of aryl methyl sites for hydroxylation is 1. The minimum absolute atomic E-state index is 0.126. The maximum Gasteiger partial charge on any atom is 0.323 e. The lowest BCUT2D eigenvalue weighted by atomic mass is 10.0. The Morgan fingerprint density at radius 2 is 1.54 bits per heavy atom. The number of nitrogens with one attached hydrogen (secondary N) is 2. The van der Waals surface area contributed by atoms with Crippen molar-refractivity contribution in [2.45, 2.75) is 56.8 Å². The van der Waals surface area contributed by atoms with Crippen LogP contribution in [0.5, 0.6) is 0 Å². The first-order valence-electron chi connectivity index (χ1n) is 9.69. The molecule has 0 heterocycles. The van der Waals surface area contributed by atoms with Crippen molar-refractivity contribution in [2.75, 3.05) is 10.6 Å². The van der Waals surface area contributed by atoms with Crippen molar-refractivity contribution in [3.63, 3.8) is 0 Å². The highest BCUT2D eigenvalue weighted by Gasteiger charge is 2.15. The molecule has 0 fully saturated rings. The molecule has 6 nitrogen and oxygen atoms in total. The summed E-state index contributed by atoms with van der Waals surface area (Å²) in [6, 6.07) is 13.2. The van der Waals surface area contributed by atoms with E-state index in [9.17, 15) is 13.2 Å². The smallest absolute Gasteiger partial charge is 0.308 e. The molecular weight excluding hydrogens is 374 g/mol. The molecule has 0 spiro atoms. The summed E-state index contributed by atoms with van der Waals surface area (Å²) in [4.78, 5) is 12.1. The zero-order valence-corrected chi connectivity index (χ0v) is 17.1. The molecule has 2 amide bonds. The van der Waals surface area contributed by atoms with Crippen LogP contribution < -0.4 is 15.8 Å². The van der Waals surface area contributed by atoms with Crippen molar-refractivity contribution in [3.8, 4) is 0 Å². The lowest BCUT2D eigenvalue weighted by molar-refractivity contribution is 0.262. The van der Waals surface area contributed by atoms with Gasteiger partial charge in [0.05, 0.1) is 5.69 Å². The van der Waals surface area contributed by atoms with E-state index in [0.717, 1.165) is 6.42 Å². The van der Waals surface area contributed by atoms with E-state index >= 15 is 0 Å². The second-order valence-electron chi connectivity index (χ2n) is 6.83. The van der Waals surface area contributed by atoms with Crippen LogP contribution in [0.15, 0.2) is 53.4 Å². The average molecular weight is 404 g/mol. The number of carbonyl (C=O) groups excluding carboxylic acids is 1.